The Labute approximate surface area is 118 Å². The first-order chi connectivity index (χ1) is 9.16. The number of anilines is 1. The second-order valence-corrected chi connectivity index (χ2v) is 5.56. The lowest BCUT2D eigenvalue weighted by Gasteiger charge is -2.28. The molecule has 0 fully saturated rings. The van der Waals surface area contributed by atoms with Gasteiger partial charge in [0.2, 0.25) is 5.91 Å². The summed E-state index contributed by atoms with van der Waals surface area (Å²) in [5.41, 5.74) is -0.0364. The van der Waals surface area contributed by atoms with Crippen molar-refractivity contribution in [2.45, 2.75) is 34.1 Å². The summed E-state index contributed by atoms with van der Waals surface area (Å²) >= 11 is 0. The molecule has 0 aliphatic rings. The monoisotopic (exact) mass is 281 g/mol. The summed E-state index contributed by atoms with van der Waals surface area (Å²) in [6, 6.07) is 4.03. The van der Waals surface area contributed by atoms with E-state index in [2.05, 4.69) is 5.32 Å². The van der Waals surface area contributed by atoms with Crippen LogP contribution in [0.1, 0.15) is 32.8 Å². The van der Waals surface area contributed by atoms with Crippen molar-refractivity contribution in [2.24, 2.45) is 11.3 Å². The second-order valence-electron chi connectivity index (χ2n) is 5.56. The minimum absolute atomic E-state index is 0.128. The molecule has 0 saturated carbocycles. The number of aryl methyl sites for hydroxylation is 1. The van der Waals surface area contributed by atoms with Gasteiger partial charge in [-0.1, -0.05) is 13.8 Å². The highest BCUT2D eigenvalue weighted by Gasteiger charge is 2.38. The van der Waals surface area contributed by atoms with E-state index in [0.29, 0.717) is 11.3 Å². The Balaban J connectivity index is 2.84. The van der Waals surface area contributed by atoms with E-state index in [1.165, 1.54) is 18.2 Å². The molecule has 0 radical (unpaired) electrons. The molecule has 4 nitrogen and oxygen atoms in total. The topological polar surface area (TPSA) is 66.4 Å². The summed E-state index contributed by atoms with van der Waals surface area (Å²) in [6.45, 7) is 6.77. The summed E-state index contributed by atoms with van der Waals surface area (Å²) in [7, 11) is 0. The minimum atomic E-state index is -1.13. The van der Waals surface area contributed by atoms with Crippen LogP contribution >= 0.6 is 0 Å². The quantitative estimate of drug-likeness (QED) is 0.871. The predicted octanol–water partition coefficient (Wildman–Crippen LogP) is 3.21. The minimum Gasteiger partial charge on any atom is -0.481 e. The average molecular weight is 281 g/mol. The highest BCUT2D eigenvalue weighted by Crippen LogP contribution is 2.32. The van der Waals surface area contributed by atoms with Gasteiger partial charge in [-0.05, 0) is 43.5 Å². The molecule has 0 heterocycles. The van der Waals surface area contributed by atoms with Crippen molar-refractivity contribution in [1.82, 2.24) is 0 Å². The van der Waals surface area contributed by atoms with Crippen molar-refractivity contribution in [3.8, 4) is 0 Å². The molecule has 0 bridgehead atoms. The van der Waals surface area contributed by atoms with Crippen LogP contribution in [0.25, 0.3) is 0 Å². The number of hydrogen-bond donors (Lipinski definition) is 2. The number of carboxylic acid groups (broad SMARTS) is 1. The SMILES string of the molecule is Cc1cc(F)ccc1NC(=O)CC(C)(C(=O)O)C(C)C. The van der Waals surface area contributed by atoms with E-state index >= 15 is 0 Å². The van der Waals surface area contributed by atoms with Gasteiger partial charge in [0.05, 0.1) is 5.41 Å². The van der Waals surface area contributed by atoms with Crippen LogP contribution in [0, 0.1) is 24.1 Å². The van der Waals surface area contributed by atoms with E-state index in [9.17, 15) is 19.1 Å². The van der Waals surface area contributed by atoms with Crippen molar-refractivity contribution in [3.63, 3.8) is 0 Å². The maximum atomic E-state index is 13.0. The first-order valence-corrected chi connectivity index (χ1v) is 6.46. The Kier molecular flexibility index (Phi) is 4.87. The first-order valence-electron chi connectivity index (χ1n) is 6.46. The lowest BCUT2D eigenvalue weighted by molar-refractivity contribution is -0.153. The number of hydrogen-bond acceptors (Lipinski definition) is 2. The van der Waals surface area contributed by atoms with Gasteiger partial charge in [0.25, 0.3) is 0 Å². The molecule has 1 atom stereocenters. The van der Waals surface area contributed by atoms with Crippen molar-refractivity contribution in [2.75, 3.05) is 5.32 Å². The highest BCUT2D eigenvalue weighted by molar-refractivity contribution is 5.94. The number of carbonyl (C=O) groups is 2. The highest BCUT2D eigenvalue weighted by atomic mass is 19.1. The van der Waals surface area contributed by atoms with E-state index in [0.717, 1.165) is 0 Å². The molecular formula is C15H20FNO3. The zero-order valence-corrected chi connectivity index (χ0v) is 12.2. The molecule has 1 amide bonds. The van der Waals surface area contributed by atoms with Crippen molar-refractivity contribution in [1.29, 1.82) is 0 Å². The number of benzene rings is 1. The molecule has 0 aliphatic heterocycles. The van der Waals surface area contributed by atoms with E-state index in [1.54, 1.807) is 27.7 Å². The van der Waals surface area contributed by atoms with Crippen molar-refractivity contribution in [3.05, 3.63) is 29.6 Å². The summed E-state index contributed by atoms with van der Waals surface area (Å²) in [6.07, 6.45) is -0.128. The molecule has 1 aromatic rings. The molecule has 5 heteroatoms. The Hall–Kier alpha value is -1.91. The van der Waals surface area contributed by atoms with Crippen molar-refractivity contribution >= 4 is 17.6 Å². The molecule has 110 valence electrons. The maximum absolute atomic E-state index is 13.0. The van der Waals surface area contributed by atoms with Gasteiger partial charge in [0.15, 0.2) is 0 Å². The molecule has 1 rings (SSSR count). The van der Waals surface area contributed by atoms with Crippen LogP contribution in [-0.2, 0) is 9.59 Å². The fourth-order valence-corrected chi connectivity index (χ4v) is 1.82. The number of rotatable bonds is 5. The first kappa shape index (κ1) is 16.1. The Morgan fingerprint density at radius 3 is 2.45 bits per heavy atom. The fraction of sp³-hybridized carbons (Fsp3) is 0.467. The molecule has 0 aromatic heterocycles. The molecule has 1 aromatic carbocycles. The molecular weight excluding hydrogens is 261 g/mol. The summed E-state index contributed by atoms with van der Waals surface area (Å²) in [4.78, 5) is 23.3. The van der Waals surface area contributed by atoms with E-state index in [1.807, 2.05) is 0 Å². The third-order valence-electron chi connectivity index (χ3n) is 3.75. The Bertz CT molecular complexity index is 528. The fourth-order valence-electron chi connectivity index (χ4n) is 1.82. The van der Waals surface area contributed by atoms with Gasteiger partial charge >= 0.3 is 5.97 Å². The van der Waals surface area contributed by atoms with Crippen molar-refractivity contribution < 1.29 is 19.1 Å². The smallest absolute Gasteiger partial charge is 0.310 e. The lowest BCUT2D eigenvalue weighted by Crippen LogP contribution is -2.37. The Morgan fingerprint density at radius 1 is 1.40 bits per heavy atom. The largest absolute Gasteiger partial charge is 0.481 e. The number of nitrogens with one attached hydrogen (secondary N) is 1. The van der Waals surface area contributed by atoms with Gasteiger partial charge in [0.1, 0.15) is 5.82 Å². The Morgan fingerprint density at radius 2 is 2.00 bits per heavy atom. The van der Waals surface area contributed by atoms with Crippen LogP contribution in [0.3, 0.4) is 0 Å². The number of carboxylic acids is 1. The van der Waals surface area contributed by atoms with Crippen LogP contribution in [0.15, 0.2) is 18.2 Å². The maximum Gasteiger partial charge on any atom is 0.310 e. The van der Waals surface area contributed by atoms with Gasteiger partial charge < -0.3 is 10.4 Å². The molecule has 20 heavy (non-hydrogen) atoms. The number of carbonyl (C=O) groups excluding carboxylic acids is 1. The molecule has 0 spiro atoms. The number of aliphatic carboxylic acids is 1. The number of amides is 1. The van der Waals surface area contributed by atoms with Crippen LogP contribution in [0.4, 0.5) is 10.1 Å². The summed E-state index contributed by atoms with van der Waals surface area (Å²) in [5.74, 6) is -1.95. The summed E-state index contributed by atoms with van der Waals surface area (Å²) in [5, 5.41) is 11.9. The van der Waals surface area contributed by atoms with E-state index in [-0.39, 0.29) is 18.2 Å². The lowest BCUT2D eigenvalue weighted by atomic mass is 9.76. The van der Waals surface area contributed by atoms with Gasteiger partial charge in [0, 0.05) is 12.1 Å². The molecule has 0 saturated heterocycles. The van der Waals surface area contributed by atoms with Crippen LogP contribution in [0.5, 0.6) is 0 Å². The van der Waals surface area contributed by atoms with E-state index < -0.39 is 17.3 Å². The standard InChI is InChI=1S/C15H20FNO3/c1-9(2)15(4,14(19)20)8-13(18)17-12-6-5-11(16)7-10(12)3/h5-7,9H,8H2,1-4H3,(H,17,18)(H,19,20). The molecule has 2 N–H and O–H groups in total. The van der Waals surface area contributed by atoms with Gasteiger partial charge in [-0.2, -0.15) is 0 Å². The van der Waals surface area contributed by atoms with Crippen LogP contribution in [0.2, 0.25) is 0 Å². The summed E-state index contributed by atoms with van der Waals surface area (Å²) < 4.78 is 13.0. The van der Waals surface area contributed by atoms with Gasteiger partial charge in [-0.3, -0.25) is 9.59 Å². The van der Waals surface area contributed by atoms with Crippen LogP contribution in [-0.4, -0.2) is 17.0 Å². The van der Waals surface area contributed by atoms with Crippen LogP contribution < -0.4 is 5.32 Å². The second kappa shape index (κ2) is 6.03. The number of halogens is 1. The normalized spacial score (nSPS) is 13.9. The zero-order chi connectivity index (χ0) is 15.5. The van der Waals surface area contributed by atoms with E-state index in [4.69, 9.17) is 0 Å². The molecule has 1 unspecified atom stereocenters. The zero-order valence-electron chi connectivity index (χ0n) is 12.2. The third-order valence-corrected chi connectivity index (χ3v) is 3.75. The van der Waals surface area contributed by atoms with Gasteiger partial charge in [-0.15, -0.1) is 0 Å². The van der Waals surface area contributed by atoms with Gasteiger partial charge in [-0.25, -0.2) is 4.39 Å². The molecule has 0 aliphatic carbocycles. The third kappa shape index (κ3) is 3.56. The predicted molar refractivity (Wildman–Crippen MR) is 75.0 cm³/mol. The average Bonchev–Trinajstić information content (AvgIpc) is 2.32.